The van der Waals surface area contributed by atoms with Crippen LogP contribution in [-0.2, 0) is 17.8 Å². The smallest absolute Gasteiger partial charge is 0.227 e. The van der Waals surface area contributed by atoms with Gasteiger partial charge in [0.1, 0.15) is 0 Å². The third kappa shape index (κ3) is 4.78. The fraction of sp³-hybridized carbons (Fsp3) is 0.789. The molecule has 3 rings (SSSR count). The summed E-state index contributed by atoms with van der Waals surface area (Å²) >= 11 is 0. The highest BCUT2D eigenvalue weighted by molar-refractivity contribution is 5.85. The van der Waals surface area contributed by atoms with Gasteiger partial charge >= 0.3 is 0 Å². The predicted octanol–water partition coefficient (Wildman–Crippen LogP) is 1.63. The highest BCUT2D eigenvalue weighted by Crippen LogP contribution is 2.20. The highest BCUT2D eigenvalue weighted by Gasteiger charge is 2.31. The molecule has 1 unspecified atom stereocenters. The maximum Gasteiger partial charge on any atom is 0.227 e. The molecule has 2 saturated heterocycles. The first-order valence-electron chi connectivity index (χ1n) is 9.71. The van der Waals surface area contributed by atoms with Crippen molar-refractivity contribution in [3.05, 3.63) is 17.0 Å². The number of aromatic nitrogens is 2. The first-order valence-corrected chi connectivity index (χ1v) is 9.71. The molecule has 6 nitrogen and oxygen atoms in total. The number of rotatable bonds is 5. The maximum atomic E-state index is 12.8. The predicted molar refractivity (Wildman–Crippen MR) is 107 cm³/mol. The summed E-state index contributed by atoms with van der Waals surface area (Å²) in [7, 11) is 0. The zero-order valence-electron chi connectivity index (χ0n) is 16.6. The molecule has 1 aromatic rings. The van der Waals surface area contributed by atoms with Crippen LogP contribution in [0.4, 0.5) is 0 Å². The van der Waals surface area contributed by atoms with Crippen molar-refractivity contribution in [1.82, 2.24) is 24.9 Å². The van der Waals surface area contributed by atoms with E-state index in [4.69, 9.17) is 0 Å². The highest BCUT2D eigenvalue weighted by atomic mass is 35.5. The van der Waals surface area contributed by atoms with Crippen LogP contribution < -0.4 is 5.32 Å². The van der Waals surface area contributed by atoms with E-state index in [-0.39, 0.29) is 18.3 Å². The Balaban J connectivity index is 0.00000243. The van der Waals surface area contributed by atoms with Crippen molar-refractivity contribution < 1.29 is 4.79 Å². The Kier molecular flexibility index (Phi) is 7.50. The van der Waals surface area contributed by atoms with E-state index >= 15 is 0 Å². The Hall–Kier alpha value is -1.11. The third-order valence-corrected chi connectivity index (χ3v) is 5.58. The number of carbonyl (C=O) groups excluding carboxylic acids is 1. The minimum absolute atomic E-state index is 0. The molecule has 0 saturated carbocycles. The van der Waals surface area contributed by atoms with Gasteiger partial charge in [-0.3, -0.25) is 14.4 Å². The van der Waals surface area contributed by atoms with E-state index < -0.39 is 0 Å². The molecule has 2 fully saturated rings. The number of nitrogens with zero attached hydrogens (tertiary/aromatic N) is 4. The van der Waals surface area contributed by atoms with Gasteiger partial charge < -0.3 is 10.2 Å². The average molecular weight is 384 g/mol. The molecule has 0 aliphatic carbocycles. The number of halogens is 1. The van der Waals surface area contributed by atoms with Gasteiger partial charge in [0, 0.05) is 63.1 Å². The largest absolute Gasteiger partial charge is 0.341 e. The number of piperazine rings is 1. The normalized spacial score (nSPS) is 21.3. The molecule has 1 amide bonds. The van der Waals surface area contributed by atoms with Gasteiger partial charge in [-0.05, 0) is 26.2 Å². The molecule has 0 spiro atoms. The van der Waals surface area contributed by atoms with Crippen LogP contribution in [-0.4, -0.2) is 70.8 Å². The van der Waals surface area contributed by atoms with Crippen molar-refractivity contribution in [3.63, 3.8) is 0 Å². The summed E-state index contributed by atoms with van der Waals surface area (Å²) in [5, 5.41) is 8.05. The van der Waals surface area contributed by atoms with Crippen LogP contribution >= 0.6 is 12.4 Å². The van der Waals surface area contributed by atoms with E-state index in [1.807, 2.05) is 6.92 Å². The summed E-state index contributed by atoms with van der Waals surface area (Å²) < 4.78 is 2.07. The second-order valence-electron chi connectivity index (χ2n) is 7.97. The van der Waals surface area contributed by atoms with E-state index in [0.29, 0.717) is 18.4 Å². The lowest BCUT2D eigenvalue weighted by atomic mass is 10.1. The summed E-state index contributed by atoms with van der Waals surface area (Å²) in [6.07, 6.45) is 1.60. The van der Waals surface area contributed by atoms with Crippen LogP contribution in [0.2, 0.25) is 0 Å². The second-order valence-corrected chi connectivity index (χ2v) is 7.97. The molecule has 148 valence electrons. The quantitative estimate of drug-likeness (QED) is 0.839. The van der Waals surface area contributed by atoms with Gasteiger partial charge in [-0.15, -0.1) is 12.4 Å². The Morgan fingerprint density at radius 1 is 1.23 bits per heavy atom. The minimum Gasteiger partial charge on any atom is -0.341 e. The Morgan fingerprint density at radius 2 is 1.92 bits per heavy atom. The Labute approximate surface area is 163 Å². The van der Waals surface area contributed by atoms with Gasteiger partial charge in [0.05, 0.1) is 12.1 Å². The standard InChI is InChI=1S/C19H33N5O.ClH/c1-14(2)12-24-16(4)18(15(3)21-24)11-19(25)23-8-5-17(13-23)22-9-6-20-7-10-22;/h14,17,20H,5-13H2,1-4H3;1H. The first-order chi connectivity index (χ1) is 12.0. The van der Waals surface area contributed by atoms with E-state index in [0.717, 1.165) is 69.2 Å². The number of amides is 1. The van der Waals surface area contributed by atoms with E-state index in [1.54, 1.807) is 0 Å². The average Bonchev–Trinajstić information content (AvgIpc) is 3.17. The zero-order valence-corrected chi connectivity index (χ0v) is 17.4. The van der Waals surface area contributed by atoms with Crippen molar-refractivity contribution in [2.45, 2.75) is 53.1 Å². The Morgan fingerprint density at radius 3 is 2.58 bits per heavy atom. The first kappa shape index (κ1) is 21.2. The van der Waals surface area contributed by atoms with Crippen LogP contribution in [0.15, 0.2) is 0 Å². The SMILES string of the molecule is Cc1nn(CC(C)C)c(C)c1CC(=O)N1CCC(N2CCNCC2)C1.Cl. The van der Waals surface area contributed by atoms with Crippen LogP contribution in [0.1, 0.15) is 37.2 Å². The zero-order chi connectivity index (χ0) is 18.0. The number of hydrogen-bond acceptors (Lipinski definition) is 4. The van der Waals surface area contributed by atoms with E-state index in [2.05, 4.69) is 45.7 Å². The Bertz CT molecular complexity index is 609. The van der Waals surface area contributed by atoms with Crippen molar-refractivity contribution in [3.8, 4) is 0 Å². The van der Waals surface area contributed by atoms with Gasteiger partial charge in [-0.1, -0.05) is 13.8 Å². The minimum atomic E-state index is 0. The van der Waals surface area contributed by atoms with E-state index in [9.17, 15) is 4.79 Å². The molecule has 3 heterocycles. The van der Waals surface area contributed by atoms with Gasteiger partial charge in [-0.2, -0.15) is 5.10 Å². The van der Waals surface area contributed by atoms with Crippen molar-refractivity contribution >= 4 is 18.3 Å². The van der Waals surface area contributed by atoms with Crippen LogP contribution in [0.3, 0.4) is 0 Å². The summed E-state index contributed by atoms with van der Waals surface area (Å²) in [6, 6.07) is 0.539. The monoisotopic (exact) mass is 383 g/mol. The van der Waals surface area contributed by atoms with Crippen LogP contribution in [0.25, 0.3) is 0 Å². The van der Waals surface area contributed by atoms with Gasteiger partial charge in [-0.25, -0.2) is 0 Å². The molecule has 0 radical (unpaired) electrons. The fourth-order valence-electron chi connectivity index (χ4n) is 4.09. The molecule has 2 aliphatic heterocycles. The summed E-state index contributed by atoms with van der Waals surface area (Å²) in [5.41, 5.74) is 3.28. The lowest BCUT2D eigenvalue weighted by molar-refractivity contribution is -0.129. The van der Waals surface area contributed by atoms with Crippen LogP contribution in [0, 0.1) is 19.8 Å². The maximum absolute atomic E-state index is 12.8. The van der Waals surface area contributed by atoms with Crippen molar-refractivity contribution in [2.24, 2.45) is 5.92 Å². The lowest BCUT2D eigenvalue weighted by Gasteiger charge is -2.32. The number of likely N-dealkylation sites (tertiary alicyclic amines) is 1. The number of hydrogen-bond donors (Lipinski definition) is 1. The molecule has 1 atom stereocenters. The number of nitrogens with one attached hydrogen (secondary N) is 1. The summed E-state index contributed by atoms with van der Waals surface area (Å²) in [6.45, 7) is 15.6. The second kappa shape index (κ2) is 9.20. The van der Waals surface area contributed by atoms with Crippen molar-refractivity contribution in [2.75, 3.05) is 39.3 Å². The molecule has 1 N–H and O–H groups in total. The molecule has 0 aromatic carbocycles. The van der Waals surface area contributed by atoms with Gasteiger partial charge in [0.25, 0.3) is 0 Å². The topological polar surface area (TPSA) is 53.4 Å². The molecule has 1 aromatic heterocycles. The number of carbonyl (C=O) groups is 1. The fourth-order valence-corrected chi connectivity index (χ4v) is 4.09. The molecule has 0 bridgehead atoms. The molecule has 7 heteroatoms. The summed E-state index contributed by atoms with van der Waals surface area (Å²) in [4.78, 5) is 17.4. The molecule has 26 heavy (non-hydrogen) atoms. The lowest BCUT2D eigenvalue weighted by Crippen LogP contribution is -2.49. The summed E-state index contributed by atoms with van der Waals surface area (Å²) in [5.74, 6) is 0.813. The molecular formula is C19H34ClN5O. The molecule has 2 aliphatic rings. The number of aryl methyl sites for hydroxylation is 1. The van der Waals surface area contributed by atoms with Crippen LogP contribution in [0.5, 0.6) is 0 Å². The van der Waals surface area contributed by atoms with Gasteiger partial charge in [0.2, 0.25) is 5.91 Å². The van der Waals surface area contributed by atoms with E-state index in [1.165, 1.54) is 0 Å². The third-order valence-electron chi connectivity index (χ3n) is 5.58. The van der Waals surface area contributed by atoms with Crippen molar-refractivity contribution in [1.29, 1.82) is 0 Å². The van der Waals surface area contributed by atoms with Gasteiger partial charge in [0.15, 0.2) is 0 Å². The molecular weight excluding hydrogens is 350 g/mol.